The Labute approximate surface area is 127 Å². The van der Waals surface area contributed by atoms with E-state index in [0.717, 1.165) is 19.4 Å². The quantitative estimate of drug-likeness (QED) is 0.739. The minimum Gasteiger partial charge on any atom is -0.383 e. The molecule has 0 amide bonds. The van der Waals surface area contributed by atoms with E-state index in [1.807, 2.05) is 0 Å². The van der Waals surface area contributed by atoms with E-state index in [-0.39, 0.29) is 6.04 Å². The van der Waals surface area contributed by atoms with E-state index in [1.165, 1.54) is 27.8 Å². The minimum absolute atomic E-state index is 0.281. The standard InChI is InChI=1S/C19H23NO/c1-3-10-20-19(13-21-2)15-8-9-18-16(12-15)11-14-6-4-5-7-17(14)18/h4-9,12,19-20H,3,10-11,13H2,1-2H3. The maximum Gasteiger partial charge on any atom is 0.0657 e. The number of rotatable bonds is 6. The first-order chi connectivity index (χ1) is 10.3. The van der Waals surface area contributed by atoms with E-state index in [1.54, 1.807) is 7.11 Å². The molecule has 0 aromatic heterocycles. The van der Waals surface area contributed by atoms with Gasteiger partial charge in [0, 0.05) is 7.11 Å². The Morgan fingerprint density at radius 1 is 1.10 bits per heavy atom. The summed E-state index contributed by atoms with van der Waals surface area (Å²) in [5.74, 6) is 0. The van der Waals surface area contributed by atoms with Crippen molar-refractivity contribution in [3.63, 3.8) is 0 Å². The van der Waals surface area contributed by atoms with E-state index in [4.69, 9.17) is 4.74 Å². The van der Waals surface area contributed by atoms with E-state index in [9.17, 15) is 0 Å². The van der Waals surface area contributed by atoms with Crippen LogP contribution in [0.3, 0.4) is 0 Å². The smallest absolute Gasteiger partial charge is 0.0657 e. The van der Waals surface area contributed by atoms with E-state index in [0.29, 0.717) is 6.61 Å². The van der Waals surface area contributed by atoms with Crippen LogP contribution in [0, 0.1) is 0 Å². The van der Waals surface area contributed by atoms with E-state index in [2.05, 4.69) is 54.7 Å². The van der Waals surface area contributed by atoms with Crippen LogP contribution in [0.5, 0.6) is 0 Å². The fourth-order valence-corrected chi connectivity index (χ4v) is 3.14. The summed E-state index contributed by atoms with van der Waals surface area (Å²) < 4.78 is 5.37. The van der Waals surface area contributed by atoms with Gasteiger partial charge in [-0.3, -0.25) is 0 Å². The number of methoxy groups -OCH3 is 1. The molecule has 2 aromatic rings. The first-order valence-electron chi connectivity index (χ1n) is 7.77. The van der Waals surface area contributed by atoms with Crippen LogP contribution in [0.25, 0.3) is 11.1 Å². The van der Waals surface area contributed by atoms with Gasteiger partial charge in [0.2, 0.25) is 0 Å². The fourth-order valence-electron chi connectivity index (χ4n) is 3.14. The lowest BCUT2D eigenvalue weighted by Crippen LogP contribution is -2.26. The summed E-state index contributed by atoms with van der Waals surface area (Å²) in [5.41, 5.74) is 6.99. The normalized spacial score (nSPS) is 13.8. The number of ether oxygens (including phenoxy) is 1. The van der Waals surface area contributed by atoms with Crippen LogP contribution >= 0.6 is 0 Å². The number of hydrogen-bond acceptors (Lipinski definition) is 2. The number of nitrogens with one attached hydrogen (secondary N) is 1. The topological polar surface area (TPSA) is 21.3 Å². The summed E-state index contributed by atoms with van der Waals surface area (Å²) in [6.45, 7) is 3.92. The van der Waals surface area contributed by atoms with Crippen molar-refractivity contribution in [1.82, 2.24) is 5.32 Å². The average Bonchev–Trinajstić information content (AvgIpc) is 2.89. The van der Waals surface area contributed by atoms with Crippen molar-refractivity contribution < 1.29 is 4.74 Å². The second kappa shape index (κ2) is 6.42. The summed E-state index contributed by atoms with van der Waals surface area (Å²) >= 11 is 0. The molecule has 2 heteroatoms. The molecule has 21 heavy (non-hydrogen) atoms. The molecule has 0 aliphatic heterocycles. The van der Waals surface area contributed by atoms with Crippen LogP contribution in [0.2, 0.25) is 0 Å². The molecule has 0 bridgehead atoms. The fraction of sp³-hybridized carbons (Fsp3) is 0.368. The SMILES string of the molecule is CCCNC(COC)c1ccc2c(c1)Cc1ccccc1-2. The second-order valence-corrected chi connectivity index (χ2v) is 5.71. The molecule has 0 saturated heterocycles. The largest absolute Gasteiger partial charge is 0.383 e. The molecule has 3 rings (SSSR count). The Kier molecular flexibility index (Phi) is 4.37. The minimum atomic E-state index is 0.281. The van der Waals surface area contributed by atoms with Gasteiger partial charge < -0.3 is 10.1 Å². The van der Waals surface area contributed by atoms with Crippen molar-refractivity contribution in [3.05, 3.63) is 59.2 Å². The number of hydrogen-bond donors (Lipinski definition) is 1. The first kappa shape index (κ1) is 14.3. The lowest BCUT2D eigenvalue weighted by Gasteiger charge is -2.19. The van der Waals surface area contributed by atoms with Gasteiger partial charge in [-0.1, -0.05) is 49.4 Å². The number of benzene rings is 2. The highest BCUT2D eigenvalue weighted by atomic mass is 16.5. The summed E-state index contributed by atoms with van der Waals surface area (Å²) in [6.07, 6.45) is 2.18. The monoisotopic (exact) mass is 281 g/mol. The third kappa shape index (κ3) is 2.87. The molecule has 2 aromatic carbocycles. The van der Waals surface area contributed by atoms with Gasteiger partial charge in [0.25, 0.3) is 0 Å². The molecule has 0 radical (unpaired) electrons. The first-order valence-corrected chi connectivity index (χ1v) is 7.77. The Morgan fingerprint density at radius 3 is 2.71 bits per heavy atom. The highest BCUT2D eigenvalue weighted by molar-refractivity contribution is 5.77. The van der Waals surface area contributed by atoms with Crippen molar-refractivity contribution >= 4 is 0 Å². The van der Waals surface area contributed by atoms with Gasteiger partial charge in [-0.25, -0.2) is 0 Å². The summed E-state index contributed by atoms with van der Waals surface area (Å²) in [4.78, 5) is 0. The Morgan fingerprint density at radius 2 is 1.90 bits per heavy atom. The molecule has 1 N–H and O–H groups in total. The Hall–Kier alpha value is -1.64. The molecule has 0 saturated carbocycles. The zero-order valence-electron chi connectivity index (χ0n) is 12.9. The average molecular weight is 281 g/mol. The predicted molar refractivity (Wildman–Crippen MR) is 87.6 cm³/mol. The molecular formula is C19H23NO. The molecule has 0 fully saturated rings. The zero-order chi connectivity index (χ0) is 14.7. The van der Waals surface area contributed by atoms with Crippen molar-refractivity contribution in [2.24, 2.45) is 0 Å². The van der Waals surface area contributed by atoms with Crippen molar-refractivity contribution in [1.29, 1.82) is 0 Å². The van der Waals surface area contributed by atoms with Crippen LogP contribution in [0.15, 0.2) is 42.5 Å². The van der Waals surface area contributed by atoms with Crippen molar-refractivity contribution in [2.75, 3.05) is 20.3 Å². The van der Waals surface area contributed by atoms with Crippen LogP contribution in [0.4, 0.5) is 0 Å². The van der Waals surface area contributed by atoms with Crippen LogP contribution in [-0.4, -0.2) is 20.3 Å². The van der Waals surface area contributed by atoms with Gasteiger partial charge >= 0.3 is 0 Å². The lowest BCUT2D eigenvalue weighted by molar-refractivity contribution is 0.167. The lowest BCUT2D eigenvalue weighted by atomic mass is 9.99. The van der Waals surface area contributed by atoms with Gasteiger partial charge in [0.05, 0.1) is 12.6 Å². The van der Waals surface area contributed by atoms with Crippen LogP contribution < -0.4 is 5.32 Å². The molecule has 0 heterocycles. The molecule has 2 nitrogen and oxygen atoms in total. The summed E-state index contributed by atoms with van der Waals surface area (Å²) in [5, 5.41) is 3.57. The maximum absolute atomic E-state index is 5.37. The van der Waals surface area contributed by atoms with Crippen LogP contribution in [-0.2, 0) is 11.2 Å². The van der Waals surface area contributed by atoms with E-state index < -0.39 is 0 Å². The second-order valence-electron chi connectivity index (χ2n) is 5.71. The molecule has 1 aliphatic carbocycles. The van der Waals surface area contributed by atoms with Crippen molar-refractivity contribution in [3.8, 4) is 11.1 Å². The predicted octanol–water partition coefficient (Wildman–Crippen LogP) is 3.94. The molecule has 110 valence electrons. The summed E-state index contributed by atoms with van der Waals surface area (Å²) in [6, 6.07) is 15.9. The molecule has 1 atom stereocenters. The highest BCUT2D eigenvalue weighted by Crippen LogP contribution is 2.37. The van der Waals surface area contributed by atoms with Gasteiger partial charge in [0.15, 0.2) is 0 Å². The third-order valence-electron chi connectivity index (χ3n) is 4.19. The molecule has 1 aliphatic rings. The van der Waals surface area contributed by atoms with Gasteiger partial charge in [-0.15, -0.1) is 0 Å². The van der Waals surface area contributed by atoms with Crippen LogP contribution in [0.1, 0.15) is 36.1 Å². The Balaban J connectivity index is 1.88. The third-order valence-corrected chi connectivity index (χ3v) is 4.19. The maximum atomic E-state index is 5.37. The molecule has 0 spiro atoms. The Bertz CT molecular complexity index is 621. The van der Waals surface area contributed by atoms with Gasteiger partial charge in [-0.05, 0) is 47.2 Å². The van der Waals surface area contributed by atoms with Gasteiger partial charge in [-0.2, -0.15) is 0 Å². The van der Waals surface area contributed by atoms with Gasteiger partial charge in [0.1, 0.15) is 0 Å². The molecule has 1 unspecified atom stereocenters. The van der Waals surface area contributed by atoms with E-state index >= 15 is 0 Å². The highest BCUT2D eigenvalue weighted by Gasteiger charge is 2.19. The molecular weight excluding hydrogens is 258 g/mol. The summed E-state index contributed by atoms with van der Waals surface area (Å²) in [7, 11) is 1.77. The zero-order valence-corrected chi connectivity index (χ0v) is 12.9. The van der Waals surface area contributed by atoms with Crippen molar-refractivity contribution in [2.45, 2.75) is 25.8 Å². The number of fused-ring (bicyclic) bond motifs is 3.